The second-order valence-electron chi connectivity index (χ2n) is 3.83. The molecule has 0 atom stereocenters. The normalized spacial score (nSPS) is 10.4. The number of hydrogen-bond donors (Lipinski definition) is 2. The number of phenols is 1. The van der Waals surface area contributed by atoms with Crippen LogP contribution < -0.4 is 0 Å². The van der Waals surface area contributed by atoms with E-state index in [1.807, 2.05) is 0 Å². The first-order valence-corrected chi connectivity index (χ1v) is 5.78. The Balaban J connectivity index is 2.54. The molecular formula is C13H18O4. The Kier molecular flexibility index (Phi) is 5.49. The molecule has 0 amide bonds. The second kappa shape index (κ2) is 6.91. The topological polar surface area (TPSA) is 66.8 Å². The number of hydrogen-bond acceptors (Lipinski definition) is 3. The fourth-order valence-electron chi connectivity index (χ4n) is 1.50. The van der Waals surface area contributed by atoms with E-state index in [0.717, 1.165) is 12.8 Å². The molecule has 0 fully saturated rings. The molecule has 0 bridgehead atoms. The Labute approximate surface area is 101 Å². The number of benzene rings is 1. The highest BCUT2D eigenvalue weighted by Crippen LogP contribution is 2.22. The van der Waals surface area contributed by atoms with Crippen LogP contribution in [0.2, 0.25) is 0 Å². The fraction of sp³-hybridized carbons (Fsp3) is 0.462. The average Bonchev–Trinajstić information content (AvgIpc) is 2.30. The van der Waals surface area contributed by atoms with Gasteiger partial charge in [0.1, 0.15) is 11.3 Å². The van der Waals surface area contributed by atoms with Crippen LogP contribution in [0.25, 0.3) is 0 Å². The zero-order valence-corrected chi connectivity index (χ0v) is 9.98. The number of carbonyl (C=O) groups is 1. The number of unbranched alkanes of at least 4 members (excludes halogenated alkanes) is 1. The third-order valence-electron chi connectivity index (χ3n) is 2.51. The molecule has 0 aliphatic carbocycles. The molecule has 4 heteroatoms. The summed E-state index contributed by atoms with van der Waals surface area (Å²) < 4.78 is 5.37. The standard InChI is InChI=1S/C13H18O4/c1-2-3-8-17-9-7-10-5-4-6-11(12(10)14)13(15)16/h4-6,14H,2-3,7-9H2,1H3,(H,15,16). The number of aromatic carboxylic acids is 1. The van der Waals surface area contributed by atoms with E-state index in [1.165, 1.54) is 6.07 Å². The molecule has 0 radical (unpaired) electrons. The summed E-state index contributed by atoms with van der Waals surface area (Å²) in [7, 11) is 0. The lowest BCUT2D eigenvalue weighted by molar-refractivity contribution is 0.0693. The summed E-state index contributed by atoms with van der Waals surface area (Å²) in [5.41, 5.74) is 0.553. The minimum Gasteiger partial charge on any atom is -0.507 e. The van der Waals surface area contributed by atoms with E-state index in [9.17, 15) is 9.90 Å². The van der Waals surface area contributed by atoms with Crippen molar-refractivity contribution < 1.29 is 19.7 Å². The molecule has 0 aromatic heterocycles. The Morgan fingerprint density at radius 1 is 1.35 bits per heavy atom. The van der Waals surface area contributed by atoms with Gasteiger partial charge in [-0.1, -0.05) is 25.5 Å². The van der Waals surface area contributed by atoms with Crippen LogP contribution in [0.3, 0.4) is 0 Å². The lowest BCUT2D eigenvalue weighted by Gasteiger charge is -2.07. The maximum absolute atomic E-state index is 10.8. The molecule has 0 unspecified atom stereocenters. The van der Waals surface area contributed by atoms with Crippen molar-refractivity contribution in [1.29, 1.82) is 0 Å². The van der Waals surface area contributed by atoms with Gasteiger partial charge in [-0.25, -0.2) is 4.79 Å². The maximum Gasteiger partial charge on any atom is 0.339 e. The molecule has 0 aliphatic heterocycles. The number of carboxylic acids is 1. The van der Waals surface area contributed by atoms with Gasteiger partial charge in [-0.3, -0.25) is 0 Å². The molecular weight excluding hydrogens is 220 g/mol. The summed E-state index contributed by atoms with van der Waals surface area (Å²) in [6, 6.07) is 4.73. The molecule has 2 N–H and O–H groups in total. The number of para-hydroxylation sites is 1. The molecule has 17 heavy (non-hydrogen) atoms. The third kappa shape index (κ3) is 4.07. The van der Waals surface area contributed by atoms with Crippen molar-refractivity contribution in [2.45, 2.75) is 26.2 Å². The monoisotopic (exact) mass is 238 g/mol. The van der Waals surface area contributed by atoms with Crippen molar-refractivity contribution in [3.63, 3.8) is 0 Å². The first kappa shape index (κ1) is 13.5. The summed E-state index contributed by atoms with van der Waals surface area (Å²) in [6.07, 6.45) is 2.62. The maximum atomic E-state index is 10.8. The van der Waals surface area contributed by atoms with Gasteiger partial charge in [0.15, 0.2) is 0 Å². The van der Waals surface area contributed by atoms with Gasteiger partial charge in [0.2, 0.25) is 0 Å². The summed E-state index contributed by atoms with van der Waals surface area (Å²) in [5.74, 6) is -1.27. The fourth-order valence-corrected chi connectivity index (χ4v) is 1.50. The van der Waals surface area contributed by atoms with E-state index in [0.29, 0.717) is 25.2 Å². The van der Waals surface area contributed by atoms with Gasteiger partial charge in [0, 0.05) is 6.61 Å². The quantitative estimate of drug-likeness (QED) is 0.716. The first-order chi connectivity index (χ1) is 8.16. The second-order valence-corrected chi connectivity index (χ2v) is 3.83. The predicted molar refractivity (Wildman–Crippen MR) is 64.5 cm³/mol. The highest BCUT2D eigenvalue weighted by molar-refractivity contribution is 5.91. The zero-order chi connectivity index (χ0) is 12.7. The lowest BCUT2D eigenvalue weighted by Crippen LogP contribution is -2.03. The minimum absolute atomic E-state index is 0.0592. The largest absolute Gasteiger partial charge is 0.507 e. The van der Waals surface area contributed by atoms with E-state index < -0.39 is 5.97 Å². The van der Waals surface area contributed by atoms with Crippen LogP contribution in [0, 0.1) is 0 Å². The first-order valence-electron chi connectivity index (χ1n) is 5.78. The van der Waals surface area contributed by atoms with E-state index in [1.54, 1.807) is 12.1 Å². The molecule has 1 aromatic carbocycles. The molecule has 1 aromatic rings. The van der Waals surface area contributed by atoms with Gasteiger partial charge in [-0.15, -0.1) is 0 Å². The van der Waals surface area contributed by atoms with Gasteiger partial charge in [0.25, 0.3) is 0 Å². The van der Waals surface area contributed by atoms with E-state index in [2.05, 4.69) is 6.92 Å². The summed E-state index contributed by atoms with van der Waals surface area (Å²) in [5, 5.41) is 18.6. The van der Waals surface area contributed by atoms with Crippen molar-refractivity contribution in [2.75, 3.05) is 13.2 Å². The molecule has 4 nitrogen and oxygen atoms in total. The van der Waals surface area contributed by atoms with Crippen LogP contribution in [0.5, 0.6) is 5.75 Å². The van der Waals surface area contributed by atoms with Crippen molar-refractivity contribution in [3.05, 3.63) is 29.3 Å². The SMILES string of the molecule is CCCCOCCc1cccc(C(=O)O)c1O. The molecule has 0 saturated carbocycles. The number of aromatic hydroxyl groups is 1. The van der Waals surface area contributed by atoms with Gasteiger partial charge >= 0.3 is 5.97 Å². The molecule has 0 heterocycles. The Morgan fingerprint density at radius 2 is 2.12 bits per heavy atom. The van der Waals surface area contributed by atoms with Crippen LogP contribution in [-0.4, -0.2) is 29.4 Å². The van der Waals surface area contributed by atoms with Gasteiger partial charge in [-0.2, -0.15) is 0 Å². The van der Waals surface area contributed by atoms with E-state index in [-0.39, 0.29) is 11.3 Å². The summed E-state index contributed by atoms with van der Waals surface area (Å²) in [4.78, 5) is 10.8. The molecule has 0 aliphatic rings. The third-order valence-corrected chi connectivity index (χ3v) is 2.51. The summed E-state index contributed by atoms with van der Waals surface area (Å²) in [6.45, 7) is 3.29. The van der Waals surface area contributed by atoms with Crippen molar-refractivity contribution in [1.82, 2.24) is 0 Å². The van der Waals surface area contributed by atoms with Crippen LogP contribution >= 0.6 is 0 Å². The highest BCUT2D eigenvalue weighted by Gasteiger charge is 2.12. The van der Waals surface area contributed by atoms with Crippen LogP contribution in [0.15, 0.2) is 18.2 Å². The lowest BCUT2D eigenvalue weighted by atomic mass is 10.1. The van der Waals surface area contributed by atoms with Crippen LogP contribution in [0.4, 0.5) is 0 Å². The Bertz CT molecular complexity index is 374. The predicted octanol–water partition coefficient (Wildman–Crippen LogP) is 2.45. The van der Waals surface area contributed by atoms with E-state index >= 15 is 0 Å². The van der Waals surface area contributed by atoms with Crippen LogP contribution in [0.1, 0.15) is 35.7 Å². The summed E-state index contributed by atoms with van der Waals surface area (Å²) >= 11 is 0. The van der Waals surface area contributed by atoms with Gasteiger partial charge < -0.3 is 14.9 Å². The molecule has 0 saturated heterocycles. The molecule has 1 rings (SSSR count). The Hall–Kier alpha value is -1.55. The average molecular weight is 238 g/mol. The molecule has 0 spiro atoms. The number of rotatable bonds is 7. The highest BCUT2D eigenvalue weighted by atomic mass is 16.5. The zero-order valence-electron chi connectivity index (χ0n) is 9.98. The minimum atomic E-state index is -1.11. The number of carboxylic acid groups (broad SMARTS) is 1. The van der Waals surface area contributed by atoms with E-state index in [4.69, 9.17) is 9.84 Å². The molecule has 94 valence electrons. The van der Waals surface area contributed by atoms with Crippen molar-refractivity contribution in [2.24, 2.45) is 0 Å². The van der Waals surface area contributed by atoms with Gasteiger partial charge in [-0.05, 0) is 24.5 Å². The number of ether oxygens (including phenoxy) is 1. The van der Waals surface area contributed by atoms with Gasteiger partial charge in [0.05, 0.1) is 6.61 Å². The Morgan fingerprint density at radius 3 is 2.76 bits per heavy atom. The van der Waals surface area contributed by atoms with Crippen LogP contribution in [-0.2, 0) is 11.2 Å². The van der Waals surface area contributed by atoms with Crippen molar-refractivity contribution in [3.8, 4) is 5.75 Å². The smallest absolute Gasteiger partial charge is 0.339 e. The van der Waals surface area contributed by atoms with Crippen molar-refractivity contribution >= 4 is 5.97 Å².